The molecule has 0 N–H and O–H groups in total. The minimum atomic E-state index is -0.957. The second-order valence-corrected chi connectivity index (χ2v) is 7.33. The number of hydrogen-bond donors (Lipinski definition) is 0. The van der Waals surface area contributed by atoms with Gasteiger partial charge in [0.25, 0.3) is 11.8 Å². The van der Waals surface area contributed by atoms with Crippen LogP contribution in [-0.4, -0.2) is 62.5 Å². The van der Waals surface area contributed by atoms with E-state index in [2.05, 4.69) is 5.10 Å². The first-order chi connectivity index (χ1) is 14.3. The molecule has 3 amide bonds. The Bertz CT molecular complexity index is 1040. The highest BCUT2D eigenvalue weighted by atomic mass is 16.5. The van der Waals surface area contributed by atoms with E-state index >= 15 is 0 Å². The Labute approximate surface area is 173 Å². The molecule has 0 fully saturated rings. The summed E-state index contributed by atoms with van der Waals surface area (Å²) in [4.78, 5) is 53.4. The van der Waals surface area contributed by atoms with Crippen molar-refractivity contribution in [3.8, 4) is 0 Å². The van der Waals surface area contributed by atoms with E-state index in [9.17, 15) is 19.2 Å². The molecule has 1 atom stereocenters. The van der Waals surface area contributed by atoms with Crippen molar-refractivity contribution in [2.45, 2.75) is 32.9 Å². The topological polar surface area (TPSA) is 102 Å². The Morgan fingerprint density at radius 1 is 1.17 bits per heavy atom. The summed E-state index contributed by atoms with van der Waals surface area (Å²) in [7, 11) is 1.75. The van der Waals surface area contributed by atoms with E-state index in [0.717, 1.165) is 10.6 Å². The third kappa shape index (κ3) is 2.97. The lowest BCUT2D eigenvalue weighted by Crippen LogP contribution is -2.50. The number of aromatic nitrogens is 2. The molecule has 0 radical (unpaired) electrons. The van der Waals surface area contributed by atoms with Gasteiger partial charge < -0.3 is 9.64 Å². The molecule has 0 spiro atoms. The fourth-order valence-corrected chi connectivity index (χ4v) is 4.08. The van der Waals surface area contributed by atoms with Crippen LogP contribution in [0.1, 0.15) is 56.3 Å². The number of imide groups is 1. The minimum absolute atomic E-state index is 0.170. The fourth-order valence-electron chi connectivity index (χ4n) is 4.08. The average molecular weight is 410 g/mol. The lowest BCUT2D eigenvalue weighted by Gasteiger charge is -2.32. The Kier molecular flexibility index (Phi) is 4.89. The SMILES string of the molecule is CCOC(=O)c1nn(C)c2c1CN(C(=O)C(C)N1C(=O)c3ccccc3C1=O)CC2. The highest BCUT2D eigenvalue weighted by Crippen LogP contribution is 2.27. The van der Waals surface area contributed by atoms with Crippen molar-refractivity contribution in [2.75, 3.05) is 13.2 Å². The third-order valence-corrected chi connectivity index (χ3v) is 5.59. The zero-order valence-corrected chi connectivity index (χ0v) is 17.0. The zero-order valence-electron chi connectivity index (χ0n) is 17.0. The van der Waals surface area contributed by atoms with E-state index in [0.29, 0.717) is 29.7 Å². The van der Waals surface area contributed by atoms with Crippen molar-refractivity contribution < 1.29 is 23.9 Å². The van der Waals surface area contributed by atoms with E-state index in [1.807, 2.05) is 0 Å². The number of aryl methyl sites for hydroxylation is 1. The van der Waals surface area contributed by atoms with Gasteiger partial charge in [0.1, 0.15) is 6.04 Å². The molecule has 1 unspecified atom stereocenters. The Balaban J connectivity index is 1.57. The van der Waals surface area contributed by atoms with Gasteiger partial charge in [0.15, 0.2) is 5.69 Å². The molecule has 2 aromatic rings. The van der Waals surface area contributed by atoms with E-state index in [-0.39, 0.29) is 24.8 Å². The number of rotatable bonds is 4. The van der Waals surface area contributed by atoms with Gasteiger partial charge in [0.05, 0.1) is 17.7 Å². The molecule has 4 rings (SSSR count). The van der Waals surface area contributed by atoms with E-state index in [1.165, 1.54) is 0 Å². The number of amides is 3. The van der Waals surface area contributed by atoms with Gasteiger partial charge in [0.2, 0.25) is 5.91 Å². The summed E-state index contributed by atoms with van der Waals surface area (Å²) in [5.41, 5.74) is 2.32. The first kappa shape index (κ1) is 19.8. The number of esters is 1. The van der Waals surface area contributed by atoms with Crippen LogP contribution in [0.25, 0.3) is 0 Å². The largest absolute Gasteiger partial charge is 0.461 e. The van der Waals surface area contributed by atoms with Crippen molar-refractivity contribution in [3.63, 3.8) is 0 Å². The van der Waals surface area contributed by atoms with Crippen LogP contribution in [0.3, 0.4) is 0 Å². The quantitative estimate of drug-likeness (QED) is 0.554. The second kappa shape index (κ2) is 7.40. The average Bonchev–Trinajstić information content (AvgIpc) is 3.21. The standard InChI is InChI=1S/C21H22N4O5/c1-4-30-21(29)17-15-11-24(10-9-16(15)23(3)22-17)18(26)12(2)25-19(27)13-7-5-6-8-14(13)20(25)28/h5-8,12H,4,9-11H2,1-3H3. The van der Waals surface area contributed by atoms with Crippen molar-refractivity contribution in [1.29, 1.82) is 0 Å². The van der Waals surface area contributed by atoms with Crippen LogP contribution in [0.2, 0.25) is 0 Å². The van der Waals surface area contributed by atoms with Gasteiger partial charge in [-0.2, -0.15) is 5.10 Å². The summed E-state index contributed by atoms with van der Waals surface area (Å²) in [6.45, 7) is 4.07. The maximum atomic E-state index is 13.2. The molecule has 1 aromatic heterocycles. The predicted octanol–water partition coefficient (Wildman–Crippen LogP) is 1.17. The smallest absolute Gasteiger partial charge is 0.359 e. The molecule has 2 aliphatic heterocycles. The summed E-state index contributed by atoms with van der Waals surface area (Å²) in [5.74, 6) is -1.82. The molecular weight excluding hydrogens is 388 g/mol. The fraction of sp³-hybridized carbons (Fsp3) is 0.381. The summed E-state index contributed by atoms with van der Waals surface area (Å²) >= 11 is 0. The van der Waals surface area contributed by atoms with E-state index in [4.69, 9.17) is 4.74 Å². The third-order valence-electron chi connectivity index (χ3n) is 5.59. The first-order valence-electron chi connectivity index (χ1n) is 9.82. The minimum Gasteiger partial charge on any atom is -0.461 e. The number of carbonyl (C=O) groups excluding carboxylic acids is 4. The van der Waals surface area contributed by atoms with E-state index in [1.54, 1.807) is 54.7 Å². The number of hydrogen-bond acceptors (Lipinski definition) is 6. The maximum Gasteiger partial charge on any atom is 0.359 e. The predicted molar refractivity (Wildman–Crippen MR) is 105 cm³/mol. The van der Waals surface area contributed by atoms with Crippen LogP contribution in [0.4, 0.5) is 0 Å². The summed E-state index contributed by atoms with van der Waals surface area (Å²) in [6.07, 6.45) is 0.513. The molecule has 0 saturated heterocycles. The van der Waals surface area contributed by atoms with Crippen LogP contribution in [0.5, 0.6) is 0 Å². The molecule has 0 saturated carbocycles. The molecule has 3 heterocycles. The summed E-state index contributed by atoms with van der Waals surface area (Å²) in [5, 5.41) is 4.26. The van der Waals surface area contributed by atoms with Crippen LogP contribution in [0.15, 0.2) is 24.3 Å². The Morgan fingerprint density at radius 2 is 1.80 bits per heavy atom. The maximum absolute atomic E-state index is 13.2. The lowest BCUT2D eigenvalue weighted by atomic mass is 10.0. The molecule has 0 bridgehead atoms. The number of nitrogens with zero attached hydrogens (tertiary/aromatic N) is 4. The van der Waals surface area contributed by atoms with Crippen LogP contribution in [0, 0.1) is 0 Å². The molecule has 1 aromatic carbocycles. The van der Waals surface area contributed by atoms with Crippen molar-refractivity contribution in [2.24, 2.45) is 7.05 Å². The molecular formula is C21H22N4O5. The Morgan fingerprint density at radius 3 is 2.40 bits per heavy atom. The van der Waals surface area contributed by atoms with Crippen molar-refractivity contribution in [3.05, 3.63) is 52.3 Å². The number of benzene rings is 1. The molecule has 2 aliphatic rings. The van der Waals surface area contributed by atoms with Gasteiger partial charge in [-0.15, -0.1) is 0 Å². The molecule has 9 nitrogen and oxygen atoms in total. The van der Waals surface area contributed by atoms with Crippen molar-refractivity contribution >= 4 is 23.7 Å². The molecule has 9 heteroatoms. The van der Waals surface area contributed by atoms with Crippen LogP contribution in [-0.2, 0) is 29.5 Å². The Hall–Kier alpha value is -3.49. The summed E-state index contributed by atoms with van der Waals surface area (Å²) < 4.78 is 6.72. The molecule has 156 valence electrons. The number of ether oxygens (including phenoxy) is 1. The highest BCUT2D eigenvalue weighted by Gasteiger charge is 2.42. The van der Waals surface area contributed by atoms with Crippen LogP contribution >= 0.6 is 0 Å². The van der Waals surface area contributed by atoms with Gasteiger partial charge in [-0.25, -0.2) is 4.79 Å². The van der Waals surface area contributed by atoms with Crippen LogP contribution < -0.4 is 0 Å². The van der Waals surface area contributed by atoms with Gasteiger partial charge in [-0.05, 0) is 26.0 Å². The number of carbonyl (C=O) groups is 4. The number of fused-ring (bicyclic) bond motifs is 2. The van der Waals surface area contributed by atoms with Gasteiger partial charge in [-0.1, -0.05) is 12.1 Å². The lowest BCUT2D eigenvalue weighted by molar-refractivity contribution is -0.135. The highest BCUT2D eigenvalue weighted by molar-refractivity contribution is 6.22. The zero-order chi connectivity index (χ0) is 21.6. The monoisotopic (exact) mass is 410 g/mol. The molecule has 0 aliphatic carbocycles. The van der Waals surface area contributed by atoms with Crippen molar-refractivity contribution in [1.82, 2.24) is 19.6 Å². The van der Waals surface area contributed by atoms with Gasteiger partial charge >= 0.3 is 5.97 Å². The normalized spacial score (nSPS) is 16.4. The van der Waals surface area contributed by atoms with E-state index < -0.39 is 23.8 Å². The van der Waals surface area contributed by atoms with Gasteiger partial charge in [-0.3, -0.25) is 24.0 Å². The van der Waals surface area contributed by atoms with Gasteiger partial charge in [0, 0.05) is 37.8 Å². The molecule has 30 heavy (non-hydrogen) atoms. The first-order valence-corrected chi connectivity index (χ1v) is 9.82. The summed E-state index contributed by atoms with van der Waals surface area (Å²) in [6, 6.07) is 5.58. The second-order valence-electron chi connectivity index (χ2n) is 7.33.